The average molecular weight is 265 g/mol. The van der Waals surface area contributed by atoms with Crippen molar-refractivity contribution in [1.29, 1.82) is 0 Å². The van der Waals surface area contributed by atoms with Crippen molar-refractivity contribution < 1.29 is 4.74 Å². The molecule has 0 aliphatic carbocycles. The molecule has 0 radical (unpaired) electrons. The van der Waals surface area contributed by atoms with Gasteiger partial charge in [-0.2, -0.15) is 0 Å². The maximum Gasteiger partial charge on any atom is 0.213 e. The first-order valence-corrected chi connectivity index (χ1v) is 6.27. The summed E-state index contributed by atoms with van der Waals surface area (Å²) in [5, 5.41) is 12.1. The third-order valence-corrected chi connectivity index (χ3v) is 3.59. The van der Waals surface area contributed by atoms with Crippen LogP contribution in [0.3, 0.4) is 0 Å². The molecule has 0 bridgehead atoms. The van der Waals surface area contributed by atoms with Gasteiger partial charge in [-0.25, -0.2) is 4.68 Å². The minimum absolute atomic E-state index is 0.121. The number of methoxy groups -OCH3 is 1. The molecule has 2 N–H and O–H groups in total. The second-order valence-electron chi connectivity index (χ2n) is 3.85. The number of tetrazole rings is 1. The molecule has 0 saturated heterocycles. The van der Waals surface area contributed by atoms with Crippen molar-refractivity contribution in [3.63, 3.8) is 0 Å². The minimum Gasteiger partial charge on any atom is -0.496 e. The van der Waals surface area contributed by atoms with Crippen LogP contribution in [0.1, 0.15) is 18.5 Å². The van der Waals surface area contributed by atoms with E-state index in [4.69, 9.17) is 10.5 Å². The zero-order valence-electron chi connectivity index (χ0n) is 10.5. The first-order valence-electron chi connectivity index (χ1n) is 5.46. The SMILES string of the molecule is COc1cccc(Sc2nnnn2C)c1C(C)N. The van der Waals surface area contributed by atoms with Crippen LogP contribution in [0.2, 0.25) is 0 Å². The van der Waals surface area contributed by atoms with Crippen molar-refractivity contribution >= 4 is 11.8 Å². The van der Waals surface area contributed by atoms with E-state index in [1.165, 1.54) is 11.8 Å². The minimum atomic E-state index is -0.121. The number of aryl methyl sites for hydroxylation is 1. The molecule has 96 valence electrons. The number of ether oxygens (including phenoxy) is 1. The van der Waals surface area contributed by atoms with Crippen LogP contribution in [0, 0.1) is 0 Å². The summed E-state index contributed by atoms with van der Waals surface area (Å²) in [6.45, 7) is 1.93. The van der Waals surface area contributed by atoms with Gasteiger partial charge >= 0.3 is 0 Å². The van der Waals surface area contributed by atoms with Gasteiger partial charge in [-0.05, 0) is 41.2 Å². The van der Waals surface area contributed by atoms with Gasteiger partial charge in [0.25, 0.3) is 0 Å². The molecule has 1 atom stereocenters. The lowest BCUT2D eigenvalue weighted by atomic mass is 10.1. The van der Waals surface area contributed by atoms with Gasteiger partial charge in [0.1, 0.15) is 5.75 Å². The van der Waals surface area contributed by atoms with Crippen LogP contribution >= 0.6 is 11.8 Å². The van der Waals surface area contributed by atoms with Gasteiger partial charge in [0, 0.05) is 23.5 Å². The Kier molecular flexibility index (Phi) is 3.83. The molecule has 0 aliphatic rings. The summed E-state index contributed by atoms with van der Waals surface area (Å²) in [7, 11) is 3.44. The lowest BCUT2D eigenvalue weighted by Gasteiger charge is -2.15. The van der Waals surface area contributed by atoms with E-state index in [1.54, 1.807) is 18.8 Å². The molecule has 0 spiro atoms. The van der Waals surface area contributed by atoms with Gasteiger partial charge in [-0.1, -0.05) is 6.07 Å². The number of nitrogens with zero attached hydrogens (tertiary/aromatic N) is 4. The summed E-state index contributed by atoms with van der Waals surface area (Å²) in [6.07, 6.45) is 0. The first-order chi connectivity index (χ1) is 8.63. The van der Waals surface area contributed by atoms with E-state index in [1.807, 2.05) is 25.1 Å². The fourth-order valence-corrected chi connectivity index (χ4v) is 2.63. The Labute approximate surface area is 110 Å². The van der Waals surface area contributed by atoms with E-state index in [9.17, 15) is 0 Å². The Morgan fingerprint density at radius 2 is 2.22 bits per heavy atom. The zero-order chi connectivity index (χ0) is 13.1. The summed E-state index contributed by atoms with van der Waals surface area (Å²) in [5.41, 5.74) is 6.97. The predicted molar refractivity (Wildman–Crippen MR) is 68.5 cm³/mol. The zero-order valence-corrected chi connectivity index (χ0v) is 11.3. The third-order valence-electron chi connectivity index (χ3n) is 2.48. The topological polar surface area (TPSA) is 78.9 Å². The van der Waals surface area contributed by atoms with Crippen LogP contribution in [0.25, 0.3) is 0 Å². The Morgan fingerprint density at radius 3 is 2.78 bits per heavy atom. The highest BCUT2D eigenvalue weighted by Crippen LogP contribution is 2.36. The molecular weight excluding hydrogens is 250 g/mol. The number of nitrogens with two attached hydrogens (primary N) is 1. The summed E-state index contributed by atoms with van der Waals surface area (Å²) in [6, 6.07) is 5.69. The van der Waals surface area contributed by atoms with Gasteiger partial charge in [0.05, 0.1) is 7.11 Å². The van der Waals surface area contributed by atoms with Crippen LogP contribution < -0.4 is 10.5 Å². The molecule has 0 saturated carbocycles. The van der Waals surface area contributed by atoms with Crippen molar-refractivity contribution in [2.75, 3.05) is 7.11 Å². The second kappa shape index (κ2) is 5.36. The summed E-state index contributed by atoms with van der Waals surface area (Å²) in [5.74, 6) is 0.783. The van der Waals surface area contributed by atoms with Crippen LogP contribution in [0.15, 0.2) is 28.3 Å². The van der Waals surface area contributed by atoms with Gasteiger partial charge in [-0.3, -0.25) is 0 Å². The fourth-order valence-electron chi connectivity index (χ4n) is 1.65. The number of benzene rings is 1. The van der Waals surface area contributed by atoms with Crippen molar-refractivity contribution in [2.24, 2.45) is 12.8 Å². The Bertz CT molecular complexity index is 540. The number of rotatable bonds is 4. The van der Waals surface area contributed by atoms with Gasteiger partial charge < -0.3 is 10.5 Å². The summed E-state index contributed by atoms with van der Waals surface area (Å²) in [4.78, 5) is 1.00. The molecular formula is C11H15N5OS. The van der Waals surface area contributed by atoms with Crippen LogP contribution in [-0.4, -0.2) is 27.3 Å². The van der Waals surface area contributed by atoms with Crippen LogP contribution in [0.5, 0.6) is 5.75 Å². The smallest absolute Gasteiger partial charge is 0.213 e. The monoisotopic (exact) mass is 265 g/mol. The Morgan fingerprint density at radius 1 is 1.44 bits per heavy atom. The summed E-state index contributed by atoms with van der Waals surface area (Å²) >= 11 is 1.47. The standard InChI is InChI=1S/C11H15N5OS/c1-7(12)10-8(17-3)5-4-6-9(10)18-11-13-14-15-16(11)2/h4-7H,12H2,1-3H3. The van der Waals surface area contributed by atoms with Crippen molar-refractivity contribution in [1.82, 2.24) is 20.2 Å². The molecule has 1 aromatic carbocycles. The molecule has 1 unspecified atom stereocenters. The number of hydrogen-bond acceptors (Lipinski definition) is 6. The maximum absolute atomic E-state index is 6.01. The molecule has 0 aliphatic heterocycles. The lowest BCUT2D eigenvalue weighted by Crippen LogP contribution is -2.08. The molecule has 18 heavy (non-hydrogen) atoms. The highest BCUT2D eigenvalue weighted by molar-refractivity contribution is 7.99. The highest BCUT2D eigenvalue weighted by atomic mass is 32.2. The molecule has 1 heterocycles. The van der Waals surface area contributed by atoms with E-state index in [0.29, 0.717) is 5.16 Å². The van der Waals surface area contributed by atoms with E-state index in [2.05, 4.69) is 15.5 Å². The average Bonchev–Trinajstić information content (AvgIpc) is 2.74. The van der Waals surface area contributed by atoms with Gasteiger partial charge in [0.2, 0.25) is 5.16 Å². The van der Waals surface area contributed by atoms with Crippen LogP contribution in [-0.2, 0) is 7.05 Å². The number of aromatic nitrogens is 4. The summed E-state index contributed by atoms with van der Waals surface area (Å²) < 4.78 is 6.97. The van der Waals surface area contributed by atoms with E-state index >= 15 is 0 Å². The van der Waals surface area contributed by atoms with E-state index in [-0.39, 0.29) is 6.04 Å². The van der Waals surface area contributed by atoms with Crippen molar-refractivity contribution in [2.45, 2.75) is 23.0 Å². The molecule has 0 amide bonds. The van der Waals surface area contributed by atoms with Crippen molar-refractivity contribution in [3.05, 3.63) is 23.8 Å². The molecule has 6 nitrogen and oxygen atoms in total. The quantitative estimate of drug-likeness (QED) is 0.900. The van der Waals surface area contributed by atoms with E-state index in [0.717, 1.165) is 16.2 Å². The molecule has 2 aromatic rings. The molecule has 1 aromatic heterocycles. The number of hydrogen-bond donors (Lipinski definition) is 1. The highest BCUT2D eigenvalue weighted by Gasteiger charge is 2.16. The van der Waals surface area contributed by atoms with Crippen molar-refractivity contribution in [3.8, 4) is 5.75 Å². The predicted octanol–water partition coefficient (Wildman–Crippen LogP) is 1.39. The molecule has 2 rings (SSSR count). The normalized spacial score (nSPS) is 12.4. The first kappa shape index (κ1) is 12.8. The Balaban J connectivity index is 2.41. The second-order valence-corrected chi connectivity index (χ2v) is 4.86. The third kappa shape index (κ3) is 2.46. The fraction of sp³-hybridized carbons (Fsp3) is 0.364. The Hall–Kier alpha value is -1.60. The van der Waals surface area contributed by atoms with Gasteiger partial charge in [-0.15, -0.1) is 5.10 Å². The lowest BCUT2D eigenvalue weighted by molar-refractivity contribution is 0.405. The molecule has 0 fully saturated rings. The van der Waals surface area contributed by atoms with Gasteiger partial charge in [0.15, 0.2) is 0 Å². The molecule has 7 heteroatoms. The maximum atomic E-state index is 6.01. The van der Waals surface area contributed by atoms with E-state index < -0.39 is 0 Å². The largest absolute Gasteiger partial charge is 0.496 e. The van der Waals surface area contributed by atoms with Crippen LogP contribution in [0.4, 0.5) is 0 Å².